The summed E-state index contributed by atoms with van der Waals surface area (Å²) in [5.74, 6) is 1.71. The van der Waals surface area contributed by atoms with Crippen LogP contribution in [0.1, 0.15) is 16.5 Å². The topological polar surface area (TPSA) is 21.3 Å². The van der Waals surface area contributed by atoms with Crippen LogP contribution in [-0.2, 0) is 0 Å². The number of rotatable bonds is 5. The SMILES string of the molecule is CNC(c1ccc(Oc2ccccc2)cc1)c1cccs1. The summed E-state index contributed by atoms with van der Waals surface area (Å²) in [5.41, 5.74) is 1.24. The Kier molecular flexibility index (Phi) is 4.34. The maximum Gasteiger partial charge on any atom is 0.127 e. The van der Waals surface area contributed by atoms with Crippen molar-refractivity contribution in [2.24, 2.45) is 0 Å². The molecule has 0 aliphatic carbocycles. The van der Waals surface area contributed by atoms with Crippen LogP contribution in [-0.4, -0.2) is 7.05 Å². The Labute approximate surface area is 129 Å². The Morgan fingerprint density at radius 2 is 1.57 bits per heavy atom. The number of benzene rings is 2. The van der Waals surface area contributed by atoms with E-state index in [1.807, 2.05) is 49.5 Å². The molecular weight excluding hydrogens is 278 g/mol. The van der Waals surface area contributed by atoms with Gasteiger partial charge in [-0.15, -0.1) is 11.3 Å². The molecule has 1 unspecified atom stereocenters. The van der Waals surface area contributed by atoms with E-state index in [-0.39, 0.29) is 6.04 Å². The van der Waals surface area contributed by atoms with E-state index in [1.54, 1.807) is 11.3 Å². The van der Waals surface area contributed by atoms with Crippen molar-refractivity contribution in [2.75, 3.05) is 7.05 Å². The molecule has 3 rings (SSSR count). The van der Waals surface area contributed by atoms with Crippen molar-refractivity contribution in [3.8, 4) is 11.5 Å². The molecule has 0 radical (unpaired) electrons. The molecule has 106 valence electrons. The molecule has 1 heterocycles. The fraction of sp³-hybridized carbons (Fsp3) is 0.111. The first-order valence-electron chi connectivity index (χ1n) is 6.90. The first-order chi connectivity index (χ1) is 10.4. The van der Waals surface area contributed by atoms with Crippen molar-refractivity contribution in [3.05, 3.63) is 82.6 Å². The molecular formula is C18H17NOS. The Hall–Kier alpha value is -2.10. The molecule has 0 fully saturated rings. The lowest BCUT2D eigenvalue weighted by Gasteiger charge is -2.15. The van der Waals surface area contributed by atoms with Gasteiger partial charge in [-0.2, -0.15) is 0 Å². The predicted molar refractivity (Wildman–Crippen MR) is 88.2 cm³/mol. The second-order valence-corrected chi connectivity index (χ2v) is 5.70. The van der Waals surface area contributed by atoms with E-state index in [0.717, 1.165) is 11.5 Å². The van der Waals surface area contributed by atoms with Gasteiger partial charge in [-0.25, -0.2) is 0 Å². The highest BCUT2D eigenvalue weighted by Gasteiger charge is 2.12. The van der Waals surface area contributed by atoms with Crippen LogP contribution in [0.5, 0.6) is 11.5 Å². The molecule has 0 amide bonds. The van der Waals surface area contributed by atoms with Gasteiger partial charge in [0.2, 0.25) is 0 Å². The fourth-order valence-corrected chi connectivity index (χ4v) is 3.14. The van der Waals surface area contributed by atoms with Crippen LogP contribution >= 0.6 is 11.3 Å². The summed E-state index contributed by atoms with van der Waals surface area (Å²) in [6, 6.07) is 22.5. The van der Waals surface area contributed by atoms with Crippen molar-refractivity contribution in [1.29, 1.82) is 0 Å². The van der Waals surface area contributed by atoms with Gasteiger partial charge in [-0.05, 0) is 48.3 Å². The maximum atomic E-state index is 5.82. The summed E-state index contributed by atoms with van der Waals surface area (Å²) in [7, 11) is 1.98. The smallest absolute Gasteiger partial charge is 0.127 e. The maximum absolute atomic E-state index is 5.82. The van der Waals surface area contributed by atoms with Gasteiger partial charge in [-0.1, -0.05) is 36.4 Å². The molecule has 21 heavy (non-hydrogen) atoms. The van der Waals surface area contributed by atoms with Crippen molar-refractivity contribution in [2.45, 2.75) is 6.04 Å². The van der Waals surface area contributed by atoms with Crippen LogP contribution in [0.2, 0.25) is 0 Å². The van der Waals surface area contributed by atoms with E-state index in [1.165, 1.54) is 10.4 Å². The largest absolute Gasteiger partial charge is 0.457 e. The van der Waals surface area contributed by atoms with Gasteiger partial charge in [0.1, 0.15) is 11.5 Å². The molecule has 0 bridgehead atoms. The molecule has 1 aromatic heterocycles. The Bertz CT molecular complexity index is 662. The highest BCUT2D eigenvalue weighted by Crippen LogP contribution is 2.28. The quantitative estimate of drug-likeness (QED) is 0.726. The minimum atomic E-state index is 0.232. The molecule has 1 atom stereocenters. The van der Waals surface area contributed by atoms with Crippen LogP contribution in [0.3, 0.4) is 0 Å². The zero-order valence-electron chi connectivity index (χ0n) is 11.8. The third-order valence-corrected chi connectivity index (χ3v) is 4.25. The number of ether oxygens (including phenoxy) is 1. The van der Waals surface area contributed by atoms with Crippen LogP contribution in [0, 0.1) is 0 Å². The molecule has 0 aliphatic heterocycles. The summed E-state index contributed by atoms with van der Waals surface area (Å²) < 4.78 is 5.82. The van der Waals surface area contributed by atoms with Crippen molar-refractivity contribution in [3.63, 3.8) is 0 Å². The minimum absolute atomic E-state index is 0.232. The third kappa shape index (κ3) is 3.32. The van der Waals surface area contributed by atoms with Crippen molar-refractivity contribution in [1.82, 2.24) is 5.32 Å². The fourth-order valence-electron chi connectivity index (χ4n) is 2.28. The average molecular weight is 295 g/mol. The van der Waals surface area contributed by atoms with Crippen LogP contribution in [0.25, 0.3) is 0 Å². The van der Waals surface area contributed by atoms with E-state index in [4.69, 9.17) is 4.74 Å². The highest BCUT2D eigenvalue weighted by atomic mass is 32.1. The Balaban J connectivity index is 1.77. The van der Waals surface area contributed by atoms with Gasteiger partial charge in [0.15, 0.2) is 0 Å². The van der Waals surface area contributed by atoms with Gasteiger partial charge in [0.05, 0.1) is 6.04 Å². The van der Waals surface area contributed by atoms with E-state index < -0.39 is 0 Å². The van der Waals surface area contributed by atoms with E-state index in [9.17, 15) is 0 Å². The third-order valence-electron chi connectivity index (χ3n) is 3.31. The number of nitrogens with one attached hydrogen (secondary N) is 1. The van der Waals surface area contributed by atoms with Gasteiger partial charge >= 0.3 is 0 Å². The molecule has 0 saturated heterocycles. The molecule has 3 aromatic rings. The minimum Gasteiger partial charge on any atom is -0.457 e. The standard InChI is InChI=1S/C18H17NOS/c1-19-18(17-8-5-13-21-17)14-9-11-16(12-10-14)20-15-6-3-2-4-7-15/h2-13,18-19H,1H3. The molecule has 2 nitrogen and oxygen atoms in total. The second-order valence-electron chi connectivity index (χ2n) is 4.72. The van der Waals surface area contributed by atoms with Crippen LogP contribution < -0.4 is 10.1 Å². The lowest BCUT2D eigenvalue weighted by atomic mass is 10.1. The predicted octanol–water partition coefficient (Wildman–Crippen LogP) is 4.85. The zero-order chi connectivity index (χ0) is 14.5. The molecule has 0 saturated carbocycles. The summed E-state index contributed by atoms with van der Waals surface area (Å²) in [6.07, 6.45) is 0. The first kappa shape index (κ1) is 13.9. The van der Waals surface area contributed by atoms with E-state index in [2.05, 4.69) is 35.0 Å². The molecule has 3 heteroatoms. The molecule has 0 aliphatic rings. The van der Waals surface area contributed by atoms with Crippen molar-refractivity contribution < 1.29 is 4.74 Å². The zero-order valence-corrected chi connectivity index (χ0v) is 12.6. The lowest BCUT2D eigenvalue weighted by Crippen LogP contribution is -2.16. The normalized spacial score (nSPS) is 12.0. The Morgan fingerprint density at radius 1 is 0.857 bits per heavy atom. The number of hydrogen-bond donors (Lipinski definition) is 1. The Morgan fingerprint density at radius 3 is 2.19 bits per heavy atom. The van der Waals surface area contributed by atoms with Crippen LogP contribution in [0.4, 0.5) is 0 Å². The van der Waals surface area contributed by atoms with Gasteiger partial charge in [-0.3, -0.25) is 0 Å². The monoisotopic (exact) mass is 295 g/mol. The number of thiophene rings is 1. The van der Waals surface area contributed by atoms with Gasteiger partial charge in [0.25, 0.3) is 0 Å². The van der Waals surface area contributed by atoms with E-state index >= 15 is 0 Å². The number of hydrogen-bond acceptors (Lipinski definition) is 3. The van der Waals surface area contributed by atoms with Gasteiger partial charge in [0, 0.05) is 4.88 Å². The van der Waals surface area contributed by atoms with E-state index in [0.29, 0.717) is 0 Å². The summed E-state index contributed by atoms with van der Waals surface area (Å²) >= 11 is 1.76. The van der Waals surface area contributed by atoms with Crippen LogP contribution in [0.15, 0.2) is 72.1 Å². The molecule has 2 aromatic carbocycles. The van der Waals surface area contributed by atoms with Gasteiger partial charge < -0.3 is 10.1 Å². The molecule has 1 N–H and O–H groups in total. The average Bonchev–Trinajstić information content (AvgIpc) is 3.05. The highest BCUT2D eigenvalue weighted by molar-refractivity contribution is 7.10. The summed E-state index contributed by atoms with van der Waals surface area (Å²) in [6.45, 7) is 0. The van der Waals surface area contributed by atoms with Crippen molar-refractivity contribution >= 4 is 11.3 Å². The summed E-state index contributed by atoms with van der Waals surface area (Å²) in [5, 5.41) is 5.46. The first-order valence-corrected chi connectivity index (χ1v) is 7.78. The second kappa shape index (κ2) is 6.57. The lowest BCUT2D eigenvalue weighted by molar-refractivity contribution is 0.482. The molecule has 0 spiro atoms. The number of para-hydroxylation sites is 1. The summed E-state index contributed by atoms with van der Waals surface area (Å²) in [4.78, 5) is 1.31.